The fraction of sp³-hybridized carbons (Fsp3) is 0.600. The van der Waals surface area contributed by atoms with Gasteiger partial charge in [-0.2, -0.15) is 11.8 Å². The van der Waals surface area contributed by atoms with Crippen LogP contribution < -0.4 is 14.8 Å². The lowest BCUT2D eigenvalue weighted by Crippen LogP contribution is -2.24. The number of rotatable bonds is 9. The lowest BCUT2D eigenvalue weighted by molar-refractivity contribution is 0.163. The summed E-state index contributed by atoms with van der Waals surface area (Å²) in [5.74, 6) is 3.40. The highest BCUT2D eigenvalue weighted by Gasteiger charge is 2.15. The van der Waals surface area contributed by atoms with Gasteiger partial charge in [-0.3, -0.25) is 0 Å². The number of fused-ring (bicyclic) bond motifs is 1. The zero-order valence-electron chi connectivity index (χ0n) is 12.1. The molecule has 3 N–H and O–H groups in total. The normalized spacial score (nSPS) is 15.0. The van der Waals surface area contributed by atoms with Crippen LogP contribution in [0.2, 0.25) is 0 Å². The first-order valence-corrected chi connectivity index (χ1v) is 8.43. The van der Waals surface area contributed by atoms with Crippen LogP contribution >= 0.6 is 11.8 Å². The van der Waals surface area contributed by atoms with Crippen LogP contribution in [0, 0.1) is 0 Å². The zero-order chi connectivity index (χ0) is 14.9. The smallest absolute Gasteiger partial charge is 0.161 e. The van der Waals surface area contributed by atoms with E-state index in [2.05, 4.69) is 5.32 Å². The first kappa shape index (κ1) is 16.4. The van der Waals surface area contributed by atoms with Gasteiger partial charge in [0.15, 0.2) is 11.5 Å². The van der Waals surface area contributed by atoms with Crippen LogP contribution in [-0.4, -0.2) is 54.6 Å². The minimum absolute atomic E-state index is 0.253. The molecule has 0 fully saturated rings. The molecule has 0 saturated heterocycles. The molecule has 5 nitrogen and oxygen atoms in total. The number of nitrogens with one attached hydrogen (secondary N) is 1. The number of hydrogen-bond acceptors (Lipinski definition) is 6. The molecule has 1 unspecified atom stereocenters. The van der Waals surface area contributed by atoms with E-state index in [9.17, 15) is 5.11 Å². The van der Waals surface area contributed by atoms with E-state index >= 15 is 0 Å². The van der Waals surface area contributed by atoms with E-state index in [-0.39, 0.29) is 6.61 Å². The molecule has 1 atom stereocenters. The Kier molecular flexibility index (Phi) is 7.15. The quantitative estimate of drug-likeness (QED) is 0.595. The maximum absolute atomic E-state index is 10.2. The molecule has 118 valence electrons. The van der Waals surface area contributed by atoms with E-state index in [1.54, 1.807) is 11.8 Å². The minimum atomic E-state index is -0.553. The third kappa shape index (κ3) is 5.39. The molecule has 0 bridgehead atoms. The van der Waals surface area contributed by atoms with Gasteiger partial charge in [0.1, 0.15) is 13.2 Å². The molecular formula is C15H23NO4S. The lowest BCUT2D eigenvalue weighted by atomic mass is 10.1. The molecule has 0 spiro atoms. The van der Waals surface area contributed by atoms with E-state index < -0.39 is 6.10 Å². The Morgan fingerprint density at radius 3 is 2.81 bits per heavy atom. The maximum Gasteiger partial charge on any atom is 0.161 e. The van der Waals surface area contributed by atoms with Crippen LogP contribution in [0.25, 0.3) is 0 Å². The molecule has 0 aliphatic carbocycles. The number of thioether (sulfide) groups is 1. The van der Waals surface area contributed by atoms with Crippen molar-refractivity contribution >= 4 is 11.8 Å². The van der Waals surface area contributed by atoms with E-state index in [0.717, 1.165) is 35.8 Å². The Morgan fingerprint density at radius 1 is 1.19 bits per heavy atom. The molecule has 1 aromatic carbocycles. The number of aliphatic hydroxyl groups excluding tert-OH is 2. The van der Waals surface area contributed by atoms with E-state index in [0.29, 0.717) is 25.5 Å². The summed E-state index contributed by atoms with van der Waals surface area (Å²) in [5, 5.41) is 22.1. The van der Waals surface area contributed by atoms with Gasteiger partial charge in [0.25, 0.3) is 0 Å². The molecule has 0 aromatic heterocycles. The van der Waals surface area contributed by atoms with Gasteiger partial charge >= 0.3 is 0 Å². The summed E-state index contributed by atoms with van der Waals surface area (Å²) in [7, 11) is 0. The van der Waals surface area contributed by atoms with Crippen LogP contribution in [0.4, 0.5) is 0 Å². The second-order valence-corrected chi connectivity index (χ2v) is 6.04. The van der Waals surface area contributed by atoms with Crippen LogP contribution in [0.1, 0.15) is 18.1 Å². The van der Waals surface area contributed by atoms with Crippen LogP contribution in [-0.2, 0) is 0 Å². The Labute approximate surface area is 129 Å². The average Bonchev–Trinajstić information content (AvgIpc) is 2.53. The van der Waals surface area contributed by atoms with Gasteiger partial charge in [0.2, 0.25) is 0 Å². The summed E-state index contributed by atoms with van der Waals surface area (Å²) in [6.45, 7) is 2.74. The average molecular weight is 313 g/mol. The predicted molar refractivity (Wildman–Crippen MR) is 84.3 cm³/mol. The Hall–Kier alpha value is -0.950. The lowest BCUT2D eigenvalue weighted by Gasteiger charge is -2.20. The number of hydrogen-bond donors (Lipinski definition) is 3. The number of aliphatic hydroxyl groups is 2. The fourth-order valence-corrected chi connectivity index (χ4v) is 2.86. The van der Waals surface area contributed by atoms with Crippen molar-refractivity contribution in [3.05, 3.63) is 23.8 Å². The van der Waals surface area contributed by atoms with E-state index in [1.165, 1.54) is 0 Å². The standard InChI is InChI=1S/C15H23NO4S/c17-5-1-8-21-9-4-16-11-13(18)12-2-3-14-15(10-12)20-7-6-19-14/h2-3,10,13,16-18H,1,4-9,11H2. The fourth-order valence-electron chi connectivity index (χ4n) is 2.04. The van der Waals surface area contributed by atoms with Gasteiger partial charge in [0, 0.05) is 25.4 Å². The Balaban J connectivity index is 1.69. The van der Waals surface area contributed by atoms with Gasteiger partial charge in [-0.1, -0.05) is 6.07 Å². The van der Waals surface area contributed by atoms with Gasteiger partial charge in [-0.25, -0.2) is 0 Å². The van der Waals surface area contributed by atoms with E-state index in [4.69, 9.17) is 14.6 Å². The molecular weight excluding hydrogens is 290 g/mol. The van der Waals surface area contributed by atoms with Crippen molar-refractivity contribution in [3.63, 3.8) is 0 Å². The SMILES string of the molecule is OCCCSCCNCC(O)c1ccc2c(c1)OCCO2. The summed E-state index contributed by atoms with van der Waals surface area (Å²) < 4.78 is 11.0. The molecule has 21 heavy (non-hydrogen) atoms. The van der Waals surface area contributed by atoms with Gasteiger partial charge in [-0.15, -0.1) is 0 Å². The summed E-state index contributed by atoms with van der Waals surface area (Å²) >= 11 is 1.80. The Bertz CT molecular complexity index is 430. The first-order chi connectivity index (χ1) is 10.3. The third-order valence-electron chi connectivity index (χ3n) is 3.16. The highest BCUT2D eigenvalue weighted by molar-refractivity contribution is 7.99. The highest BCUT2D eigenvalue weighted by atomic mass is 32.2. The summed E-state index contributed by atoms with van der Waals surface area (Å²) in [4.78, 5) is 0. The van der Waals surface area contributed by atoms with Crippen molar-refractivity contribution < 1.29 is 19.7 Å². The molecule has 2 rings (SSSR count). The molecule has 0 radical (unpaired) electrons. The molecule has 1 aliphatic heterocycles. The van der Waals surface area contributed by atoms with Crippen molar-refractivity contribution in [2.45, 2.75) is 12.5 Å². The molecule has 1 aliphatic rings. The topological polar surface area (TPSA) is 71.0 Å². The second-order valence-electron chi connectivity index (χ2n) is 4.81. The zero-order valence-corrected chi connectivity index (χ0v) is 12.9. The second kappa shape index (κ2) is 9.15. The first-order valence-electron chi connectivity index (χ1n) is 7.28. The Morgan fingerprint density at radius 2 is 2.00 bits per heavy atom. The minimum Gasteiger partial charge on any atom is -0.486 e. The van der Waals surface area contributed by atoms with Crippen molar-refractivity contribution in [3.8, 4) is 11.5 Å². The van der Waals surface area contributed by atoms with Crippen LogP contribution in [0.3, 0.4) is 0 Å². The summed E-state index contributed by atoms with van der Waals surface area (Å²) in [6.07, 6.45) is 0.285. The van der Waals surface area contributed by atoms with Crippen LogP contribution in [0.5, 0.6) is 11.5 Å². The van der Waals surface area contributed by atoms with Gasteiger partial charge in [-0.05, 0) is 29.9 Å². The summed E-state index contributed by atoms with van der Waals surface area (Å²) in [5.41, 5.74) is 0.833. The predicted octanol–water partition coefficient (Wildman–Crippen LogP) is 1.20. The third-order valence-corrected chi connectivity index (χ3v) is 4.23. The van der Waals surface area contributed by atoms with Gasteiger partial charge < -0.3 is 25.0 Å². The van der Waals surface area contributed by atoms with Crippen LogP contribution in [0.15, 0.2) is 18.2 Å². The summed E-state index contributed by atoms with van der Waals surface area (Å²) in [6, 6.07) is 5.56. The largest absolute Gasteiger partial charge is 0.486 e. The maximum atomic E-state index is 10.2. The van der Waals surface area contributed by atoms with Crippen molar-refractivity contribution in [2.24, 2.45) is 0 Å². The number of ether oxygens (including phenoxy) is 2. The molecule has 1 aromatic rings. The van der Waals surface area contributed by atoms with Gasteiger partial charge in [0.05, 0.1) is 6.10 Å². The molecule has 6 heteroatoms. The van der Waals surface area contributed by atoms with Crippen molar-refractivity contribution in [2.75, 3.05) is 44.4 Å². The number of benzene rings is 1. The van der Waals surface area contributed by atoms with Crippen molar-refractivity contribution in [1.82, 2.24) is 5.32 Å². The highest BCUT2D eigenvalue weighted by Crippen LogP contribution is 2.32. The monoisotopic (exact) mass is 313 g/mol. The molecule has 1 heterocycles. The molecule has 0 saturated carbocycles. The molecule has 0 amide bonds. The van der Waals surface area contributed by atoms with Crippen molar-refractivity contribution in [1.29, 1.82) is 0 Å². The van der Waals surface area contributed by atoms with E-state index in [1.807, 2.05) is 18.2 Å².